The second-order valence-electron chi connectivity index (χ2n) is 5.19. The van der Waals surface area contributed by atoms with E-state index in [2.05, 4.69) is 47.6 Å². The molecule has 1 N–H and O–H groups in total. The molecule has 0 aliphatic heterocycles. The highest BCUT2D eigenvalue weighted by molar-refractivity contribution is 5.28. The van der Waals surface area contributed by atoms with Gasteiger partial charge in [-0.3, -0.25) is 4.98 Å². The van der Waals surface area contributed by atoms with E-state index in [1.807, 2.05) is 20.2 Å². The zero-order valence-electron chi connectivity index (χ0n) is 13.1. The molecule has 21 heavy (non-hydrogen) atoms. The first-order valence-electron chi connectivity index (χ1n) is 7.54. The molecule has 0 radical (unpaired) electrons. The summed E-state index contributed by atoms with van der Waals surface area (Å²) in [5, 5.41) is 3.38. The van der Waals surface area contributed by atoms with Crippen molar-refractivity contribution in [2.45, 2.75) is 32.7 Å². The van der Waals surface area contributed by atoms with E-state index >= 15 is 0 Å². The Labute approximate surface area is 127 Å². The van der Waals surface area contributed by atoms with E-state index in [1.54, 1.807) is 6.20 Å². The zero-order chi connectivity index (χ0) is 15.1. The van der Waals surface area contributed by atoms with Crippen molar-refractivity contribution in [3.8, 4) is 5.75 Å². The highest BCUT2D eigenvalue weighted by Crippen LogP contribution is 2.22. The van der Waals surface area contributed by atoms with Crippen molar-refractivity contribution < 1.29 is 4.74 Å². The summed E-state index contributed by atoms with van der Waals surface area (Å²) in [5.74, 6) is 0.839. The average Bonchev–Trinajstić information content (AvgIpc) is 2.50. The number of benzene rings is 1. The van der Waals surface area contributed by atoms with Crippen LogP contribution in [0.15, 0.2) is 42.7 Å². The predicted octanol–water partition coefficient (Wildman–Crippen LogP) is 3.68. The maximum atomic E-state index is 5.53. The summed E-state index contributed by atoms with van der Waals surface area (Å²) >= 11 is 0. The summed E-state index contributed by atoms with van der Waals surface area (Å²) in [5.41, 5.74) is 3.94. The highest BCUT2D eigenvalue weighted by Gasteiger charge is 2.11. The summed E-state index contributed by atoms with van der Waals surface area (Å²) in [7, 11) is 2.00. The van der Waals surface area contributed by atoms with Crippen LogP contribution in [0.1, 0.15) is 36.1 Å². The Hall–Kier alpha value is -1.87. The Morgan fingerprint density at radius 2 is 2.05 bits per heavy atom. The molecule has 3 nitrogen and oxygen atoms in total. The van der Waals surface area contributed by atoms with Crippen molar-refractivity contribution in [3.63, 3.8) is 0 Å². The first-order chi connectivity index (χ1) is 10.2. The number of nitrogens with one attached hydrogen (secondary N) is 1. The SMILES string of the molecule is CCOc1cncc(C(CCc2ccccc2C)NC)c1. The van der Waals surface area contributed by atoms with Crippen LogP contribution in [0.4, 0.5) is 0 Å². The Balaban J connectivity index is 2.06. The highest BCUT2D eigenvalue weighted by atomic mass is 16.5. The van der Waals surface area contributed by atoms with Crippen molar-refractivity contribution in [3.05, 3.63) is 59.4 Å². The van der Waals surface area contributed by atoms with Gasteiger partial charge in [0.1, 0.15) is 5.75 Å². The summed E-state index contributed by atoms with van der Waals surface area (Å²) < 4.78 is 5.53. The molecule has 2 aromatic rings. The topological polar surface area (TPSA) is 34.1 Å². The van der Waals surface area contributed by atoms with Gasteiger partial charge in [-0.05, 0) is 56.5 Å². The summed E-state index contributed by atoms with van der Waals surface area (Å²) in [6, 6.07) is 10.9. The molecule has 0 fully saturated rings. The molecule has 0 bridgehead atoms. The molecule has 1 aromatic heterocycles. The summed E-state index contributed by atoms with van der Waals surface area (Å²) in [6.07, 6.45) is 5.78. The van der Waals surface area contributed by atoms with Crippen LogP contribution in [-0.2, 0) is 6.42 Å². The Bertz CT molecular complexity index is 569. The lowest BCUT2D eigenvalue weighted by atomic mass is 9.98. The van der Waals surface area contributed by atoms with Gasteiger partial charge in [-0.2, -0.15) is 0 Å². The van der Waals surface area contributed by atoms with Gasteiger partial charge in [-0.25, -0.2) is 0 Å². The number of ether oxygens (including phenoxy) is 1. The van der Waals surface area contributed by atoms with Gasteiger partial charge >= 0.3 is 0 Å². The number of pyridine rings is 1. The second kappa shape index (κ2) is 7.79. The van der Waals surface area contributed by atoms with Gasteiger partial charge in [0.15, 0.2) is 0 Å². The molecule has 112 valence electrons. The molecular weight excluding hydrogens is 260 g/mol. The minimum absolute atomic E-state index is 0.289. The van der Waals surface area contributed by atoms with Crippen molar-refractivity contribution in [2.24, 2.45) is 0 Å². The number of aryl methyl sites for hydroxylation is 2. The maximum Gasteiger partial charge on any atom is 0.137 e. The van der Waals surface area contributed by atoms with Gasteiger partial charge in [0, 0.05) is 12.2 Å². The quantitative estimate of drug-likeness (QED) is 0.842. The van der Waals surface area contributed by atoms with Crippen molar-refractivity contribution in [1.82, 2.24) is 10.3 Å². The monoisotopic (exact) mass is 284 g/mol. The van der Waals surface area contributed by atoms with Crippen LogP contribution in [0.2, 0.25) is 0 Å². The molecule has 1 aromatic carbocycles. The summed E-state index contributed by atoms with van der Waals surface area (Å²) in [4.78, 5) is 4.28. The number of aromatic nitrogens is 1. The minimum Gasteiger partial charge on any atom is -0.492 e. The van der Waals surface area contributed by atoms with Crippen LogP contribution >= 0.6 is 0 Å². The number of hydrogen-bond donors (Lipinski definition) is 1. The van der Waals surface area contributed by atoms with Crippen LogP contribution < -0.4 is 10.1 Å². The molecule has 0 aliphatic rings. The minimum atomic E-state index is 0.289. The molecule has 2 rings (SSSR count). The smallest absolute Gasteiger partial charge is 0.137 e. The first-order valence-corrected chi connectivity index (χ1v) is 7.54. The van der Waals surface area contributed by atoms with Crippen LogP contribution in [-0.4, -0.2) is 18.6 Å². The molecular formula is C18H24N2O. The zero-order valence-corrected chi connectivity index (χ0v) is 13.1. The lowest BCUT2D eigenvalue weighted by Gasteiger charge is -2.17. The fourth-order valence-electron chi connectivity index (χ4n) is 2.54. The van der Waals surface area contributed by atoms with Gasteiger partial charge in [-0.15, -0.1) is 0 Å². The van der Waals surface area contributed by atoms with E-state index in [-0.39, 0.29) is 6.04 Å². The summed E-state index contributed by atoms with van der Waals surface area (Å²) in [6.45, 7) is 4.82. The van der Waals surface area contributed by atoms with Crippen molar-refractivity contribution in [2.75, 3.05) is 13.7 Å². The number of hydrogen-bond acceptors (Lipinski definition) is 3. The fourth-order valence-corrected chi connectivity index (χ4v) is 2.54. The van der Waals surface area contributed by atoms with E-state index in [0.29, 0.717) is 6.61 Å². The van der Waals surface area contributed by atoms with Crippen LogP contribution in [0.5, 0.6) is 5.75 Å². The standard InChI is InChI=1S/C18H24N2O/c1-4-21-17-11-16(12-20-13-17)18(19-3)10-9-15-8-6-5-7-14(15)2/h5-8,11-13,18-19H,4,9-10H2,1-3H3. The van der Waals surface area contributed by atoms with E-state index in [0.717, 1.165) is 18.6 Å². The first kappa shape index (κ1) is 15.5. The third-order valence-corrected chi connectivity index (χ3v) is 3.76. The van der Waals surface area contributed by atoms with Crippen LogP contribution in [0.25, 0.3) is 0 Å². The van der Waals surface area contributed by atoms with Crippen molar-refractivity contribution >= 4 is 0 Å². The average molecular weight is 284 g/mol. The third kappa shape index (κ3) is 4.30. The van der Waals surface area contributed by atoms with Gasteiger partial charge in [0.05, 0.1) is 12.8 Å². The predicted molar refractivity (Wildman–Crippen MR) is 86.7 cm³/mol. The molecule has 1 atom stereocenters. The lowest BCUT2D eigenvalue weighted by molar-refractivity contribution is 0.338. The fraction of sp³-hybridized carbons (Fsp3) is 0.389. The molecule has 0 spiro atoms. The van der Waals surface area contributed by atoms with E-state index in [1.165, 1.54) is 16.7 Å². The van der Waals surface area contributed by atoms with Gasteiger partial charge in [0.25, 0.3) is 0 Å². The molecule has 0 aliphatic carbocycles. The number of nitrogens with zero attached hydrogens (tertiary/aromatic N) is 1. The van der Waals surface area contributed by atoms with Crippen molar-refractivity contribution in [1.29, 1.82) is 0 Å². The van der Waals surface area contributed by atoms with E-state index in [4.69, 9.17) is 4.74 Å². The largest absolute Gasteiger partial charge is 0.492 e. The van der Waals surface area contributed by atoms with Gasteiger partial charge in [0.2, 0.25) is 0 Å². The molecule has 3 heteroatoms. The lowest BCUT2D eigenvalue weighted by Crippen LogP contribution is -2.17. The normalized spacial score (nSPS) is 12.1. The molecule has 0 amide bonds. The molecule has 0 saturated heterocycles. The number of rotatable bonds is 7. The molecule has 1 unspecified atom stereocenters. The van der Waals surface area contributed by atoms with Crippen LogP contribution in [0.3, 0.4) is 0 Å². The molecule has 0 saturated carbocycles. The van der Waals surface area contributed by atoms with E-state index in [9.17, 15) is 0 Å². The van der Waals surface area contributed by atoms with Crippen LogP contribution in [0, 0.1) is 6.92 Å². The molecule has 1 heterocycles. The second-order valence-corrected chi connectivity index (χ2v) is 5.19. The Kier molecular flexibility index (Phi) is 5.76. The maximum absolute atomic E-state index is 5.53. The van der Waals surface area contributed by atoms with Gasteiger partial charge in [-0.1, -0.05) is 24.3 Å². The Morgan fingerprint density at radius 3 is 2.76 bits per heavy atom. The third-order valence-electron chi connectivity index (χ3n) is 3.76. The van der Waals surface area contributed by atoms with E-state index < -0.39 is 0 Å². The van der Waals surface area contributed by atoms with Gasteiger partial charge < -0.3 is 10.1 Å². The Morgan fingerprint density at radius 1 is 1.24 bits per heavy atom.